The van der Waals surface area contributed by atoms with Gasteiger partial charge in [0, 0.05) is 44.7 Å². The molecule has 8 heteroatoms. The van der Waals surface area contributed by atoms with Crippen molar-refractivity contribution in [2.45, 2.75) is 26.2 Å². The highest BCUT2D eigenvalue weighted by atomic mass is 19.1. The smallest absolute Gasteiger partial charge is 0.223 e. The number of piperazine rings is 1. The Kier molecular flexibility index (Phi) is 8.40. The van der Waals surface area contributed by atoms with Crippen LogP contribution in [-0.4, -0.2) is 53.4 Å². The number of aromatic nitrogens is 1. The number of hydrogen-bond acceptors (Lipinski definition) is 6. The highest BCUT2D eigenvalue weighted by Crippen LogP contribution is 2.38. The van der Waals surface area contributed by atoms with E-state index in [2.05, 4.69) is 16.8 Å². The second-order valence-corrected chi connectivity index (χ2v) is 9.13. The van der Waals surface area contributed by atoms with Crippen molar-refractivity contribution in [3.8, 4) is 11.3 Å². The standard InChI is InChI=1S/C29H35FN6O/c1-3-7-26(35-16-18-36(19-17-35)27(37)14-15-31)24(4-2)33-28(20-10-11-20)29-23(32)12-13-25(34-29)21-8-5-6-9-22(21)30/h3-9,12-13,33H,2,10-11,14-19,31-32H2,1H3/b7-3-,26-24-. The van der Waals surface area contributed by atoms with Gasteiger partial charge in [0.1, 0.15) is 11.5 Å². The lowest BCUT2D eigenvalue weighted by molar-refractivity contribution is -0.132. The molecule has 1 aliphatic carbocycles. The van der Waals surface area contributed by atoms with Crippen LogP contribution in [-0.2, 0) is 4.79 Å². The number of nitrogens with zero attached hydrogens (tertiary/aromatic N) is 3. The molecule has 0 radical (unpaired) electrons. The molecule has 0 bridgehead atoms. The largest absolute Gasteiger partial charge is 0.397 e. The Hall–Kier alpha value is -3.91. The maximum absolute atomic E-state index is 14.5. The fourth-order valence-electron chi connectivity index (χ4n) is 4.47. The summed E-state index contributed by atoms with van der Waals surface area (Å²) in [6.45, 7) is 9.07. The van der Waals surface area contributed by atoms with Gasteiger partial charge in [-0.05, 0) is 61.8 Å². The molecule has 1 saturated carbocycles. The monoisotopic (exact) mass is 502 g/mol. The van der Waals surface area contributed by atoms with Crippen LogP contribution in [0, 0.1) is 5.82 Å². The van der Waals surface area contributed by atoms with E-state index in [9.17, 15) is 9.18 Å². The first-order chi connectivity index (χ1) is 18.0. The molecule has 1 aliphatic heterocycles. The second kappa shape index (κ2) is 11.9. The lowest BCUT2D eigenvalue weighted by Gasteiger charge is -2.37. The van der Waals surface area contributed by atoms with Crippen LogP contribution in [0.5, 0.6) is 0 Å². The first kappa shape index (κ1) is 26.2. The van der Waals surface area contributed by atoms with Gasteiger partial charge in [0.15, 0.2) is 0 Å². The Bertz CT molecular complexity index is 1250. The number of benzene rings is 1. The summed E-state index contributed by atoms with van der Waals surface area (Å²) in [6, 6.07) is 10.1. The number of amides is 1. The summed E-state index contributed by atoms with van der Waals surface area (Å²) in [5.41, 5.74) is 17.9. The molecule has 5 N–H and O–H groups in total. The van der Waals surface area contributed by atoms with Crippen LogP contribution >= 0.6 is 0 Å². The number of pyridine rings is 1. The molecule has 7 nitrogen and oxygen atoms in total. The van der Waals surface area contributed by atoms with Crippen LogP contribution in [0.2, 0.25) is 0 Å². The number of nitrogens with one attached hydrogen (secondary N) is 1. The average Bonchev–Trinajstić information content (AvgIpc) is 3.75. The second-order valence-electron chi connectivity index (χ2n) is 9.13. The van der Waals surface area contributed by atoms with Gasteiger partial charge in [-0.15, -0.1) is 0 Å². The predicted molar refractivity (Wildman–Crippen MR) is 147 cm³/mol. The summed E-state index contributed by atoms with van der Waals surface area (Å²) in [5, 5.41) is 3.57. The Balaban J connectivity index is 1.65. The highest BCUT2D eigenvalue weighted by Gasteiger charge is 2.26. The fraction of sp³-hybridized carbons (Fsp3) is 0.310. The van der Waals surface area contributed by atoms with Crippen LogP contribution < -0.4 is 16.8 Å². The minimum atomic E-state index is -0.328. The summed E-state index contributed by atoms with van der Waals surface area (Å²) in [6.07, 6.45) is 8.08. The van der Waals surface area contributed by atoms with Gasteiger partial charge in [0.25, 0.3) is 0 Å². The van der Waals surface area contributed by atoms with Crippen molar-refractivity contribution in [3.05, 3.63) is 89.7 Å². The van der Waals surface area contributed by atoms with Crippen molar-refractivity contribution in [1.29, 1.82) is 0 Å². The van der Waals surface area contributed by atoms with Gasteiger partial charge in [-0.1, -0.05) is 24.8 Å². The lowest BCUT2D eigenvalue weighted by Crippen LogP contribution is -2.48. The zero-order valence-corrected chi connectivity index (χ0v) is 21.3. The van der Waals surface area contributed by atoms with Crippen LogP contribution in [0.25, 0.3) is 17.0 Å². The number of anilines is 1. The fourth-order valence-corrected chi connectivity index (χ4v) is 4.47. The summed E-state index contributed by atoms with van der Waals surface area (Å²) in [4.78, 5) is 21.2. The molecule has 4 rings (SSSR count). The SMILES string of the molecule is C=C/C(NC(=C1CC1)c1nc(-c2ccccc2F)ccc1N)=C(\C=C/C)N1CCN(C(=O)CCN)CC1. The van der Waals surface area contributed by atoms with E-state index in [-0.39, 0.29) is 11.7 Å². The third kappa shape index (κ3) is 6.09. The van der Waals surface area contributed by atoms with Crippen LogP contribution in [0.1, 0.15) is 31.9 Å². The number of allylic oxidation sites excluding steroid dienone is 4. The third-order valence-corrected chi connectivity index (χ3v) is 6.56. The van der Waals surface area contributed by atoms with E-state index in [4.69, 9.17) is 16.5 Å². The predicted octanol–water partition coefficient (Wildman–Crippen LogP) is 4.03. The van der Waals surface area contributed by atoms with Crippen LogP contribution in [0.3, 0.4) is 0 Å². The molecule has 1 aromatic carbocycles. The minimum absolute atomic E-state index is 0.0952. The minimum Gasteiger partial charge on any atom is -0.397 e. The molecule has 0 spiro atoms. The molecule has 1 aromatic heterocycles. The topological polar surface area (TPSA) is 101 Å². The number of rotatable bonds is 9. The Labute approximate surface area is 218 Å². The first-order valence-electron chi connectivity index (χ1n) is 12.7. The van der Waals surface area contributed by atoms with Crippen molar-refractivity contribution >= 4 is 17.3 Å². The number of nitrogen functional groups attached to an aromatic ring is 1. The van der Waals surface area contributed by atoms with E-state index in [0.29, 0.717) is 61.8 Å². The molecule has 1 amide bonds. The Morgan fingerprint density at radius 3 is 2.46 bits per heavy atom. The molecule has 1 saturated heterocycles. The zero-order valence-electron chi connectivity index (χ0n) is 21.3. The Morgan fingerprint density at radius 2 is 1.84 bits per heavy atom. The van der Waals surface area contributed by atoms with E-state index in [0.717, 1.165) is 29.9 Å². The van der Waals surface area contributed by atoms with Crippen molar-refractivity contribution in [2.24, 2.45) is 5.73 Å². The van der Waals surface area contributed by atoms with Crippen molar-refractivity contribution < 1.29 is 9.18 Å². The molecule has 194 valence electrons. The van der Waals surface area contributed by atoms with Crippen molar-refractivity contribution in [3.63, 3.8) is 0 Å². The molecular weight excluding hydrogens is 467 g/mol. The zero-order chi connectivity index (χ0) is 26.4. The molecule has 37 heavy (non-hydrogen) atoms. The van der Waals surface area contributed by atoms with E-state index < -0.39 is 0 Å². The molecule has 0 unspecified atom stereocenters. The lowest BCUT2D eigenvalue weighted by atomic mass is 10.1. The Morgan fingerprint density at radius 1 is 1.14 bits per heavy atom. The van der Waals surface area contributed by atoms with Crippen molar-refractivity contribution in [1.82, 2.24) is 20.1 Å². The van der Waals surface area contributed by atoms with E-state index >= 15 is 0 Å². The number of carbonyl (C=O) groups is 1. The van der Waals surface area contributed by atoms with Gasteiger partial charge in [-0.2, -0.15) is 0 Å². The van der Waals surface area contributed by atoms with E-state index in [1.54, 1.807) is 36.4 Å². The van der Waals surface area contributed by atoms with Gasteiger partial charge < -0.3 is 26.6 Å². The molecule has 2 aromatic rings. The quantitative estimate of drug-likeness (QED) is 0.448. The summed E-state index contributed by atoms with van der Waals surface area (Å²) < 4.78 is 14.5. The maximum Gasteiger partial charge on any atom is 0.223 e. The maximum atomic E-state index is 14.5. The number of halogens is 1. The summed E-state index contributed by atoms with van der Waals surface area (Å²) in [5.74, 6) is -0.233. The first-order valence-corrected chi connectivity index (χ1v) is 12.7. The summed E-state index contributed by atoms with van der Waals surface area (Å²) >= 11 is 0. The van der Waals surface area contributed by atoms with Gasteiger partial charge in [-0.25, -0.2) is 9.37 Å². The van der Waals surface area contributed by atoms with Crippen molar-refractivity contribution in [2.75, 3.05) is 38.5 Å². The van der Waals surface area contributed by atoms with Gasteiger partial charge >= 0.3 is 0 Å². The van der Waals surface area contributed by atoms with E-state index in [1.807, 2.05) is 24.0 Å². The van der Waals surface area contributed by atoms with Gasteiger partial charge in [0.2, 0.25) is 5.91 Å². The van der Waals surface area contributed by atoms with Gasteiger partial charge in [-0.3, -0.25) is 4.79 Å². The molecule has 2 aliphatic rings. The normalized spacial score (nSPS) is 16.0. The molecular formula is C29H35FN6O. The number of nitrogens with two attached hydrogens (primary N) is 2. The van der Waals surface area contributed by atoms with E-state index in [1.165, 1.54) is 11.6 Å². The number of carbonyl (C=O) groups excluding carboxylic acids is 1. The number of hydrogen-bond donors (Lipinski definition) is 3. The molecule has 2 heterocycles. The molecule has 2 fully saturated rings. The van der Waals surface area contributed by atoms with Gasteiger partial charge in [0.05, 0.1) is 28.5 Å². The third-order valence-electron chi connectivity index (χ3n) is 6.56. The van der Waals surface area contributed by atoms with Crippen LogP contribution in [0.4, 0.5) is 10.1 Å². The molecule has 0 atom stereocenters. The van der Waals surface area contributed by atoms with Crippen LogP contribution in [0.15, 0.2) is 78.2 Å². The summed E-state index contributed by atoms with van der Waals surface area (Å²) in [7, 11) is 0. The average molecular weight is 503 g/mol. The highest BCUT2D eigenvalue weighted by molar-refractivity contribution is 5.79.